The van der Waals surface area contributed by atoms with Crippen LogP contribution in [0.4, 0.5) is 4.39 Å². The minimum absolute atomic E-state index is 0.238. The summed E-state index contributed by atoms with van der Waals surface area (Å²) in [6.07, 6.45) is 0.319. The molecular weight excluding hydrogens is 301 g/mol. The molecule has 1 aliphatic rings. The summed E-state index contributed by atoms with van der Waals surface area (Å²) in [7, 11) is 0. The van der Waals surface area contributed by atoms with E-state index in [2.05, 4.69) is 0 Å². The van der Waals surface area contributed by atoms with E-state index in [4.69, 9.17) is 22.1 Å². The largest absolute Gasteiger partial charge is 0.364 e. The van der Waals surface area contributed by atoms with Crippen LogP contribution in [0.3, 0.4) is 0 Å². The number of nitrogens with two attached hydrogens (primary N) is 1. The third-order valence-electron chi connectivity index (χ3n) is 3.26. The van der Waals surface area contributed by atoms with Crippen LogP contribution < -0.4 is 5.73 Å². The summed E-state index contributed by atoms with van der Waals surface area (Å²) in [4.78, 5) is 11.4. The first kappa shape index (κ1) is 13.7. The summed E-state index contributed by atoms with van der Waals surface area (Å²) in [5.74, 6) is -2.03. The Hall–Kier alpha value is -1.27. The molecule has 0 aliphatic carbocycles. The van der Waals surface area contributed by atoms with E-state index in [0.717, 1.165) is 11.8 Å². The van der Waals surface area contributed by atoms with Crippen LogP contribution in [0.5, 0.6) is 0 Å². The van der Waals surface area contributed by atoms with Gasteiger partial charge in [-0.05, 0) is 34.7 Å². The predicted molar refractivity (Wildman–Crippen MR) is 75.9 cm³/mol. The van der Waals surface area contributed by atoms with E-state index in [0.29, 0.717) is 21.0 Å². The van der Waals surface area contributed by atoms with Crippen molar-refractivity contribution in [1.82, 2.24) is 0 Å². The third kappa shape index (κ3) is 2.27. The molecule has 2 heterocycles. The second-order valence-corrected chi connectivity index (χ2v) is 6.06. The highest BCUT2D eigenvalue weighted by Crippen LogP contribution is 2.41. The van der Waals surface area contributed by atoms with E-state index < -0.39 is 11.9 Å². The standard InChI is InChI=1S/C14H11ClFNO2S/c15-9-1-2-12-11(4-9)13(19-7-14(12,16)17)8-3-10(5-18)20-6-8/h1-6,13H,7,17H2. The van der Waals surface area contributed by atoms with Gasteiger partial charge in [-0.25, -0.2) is 4.39 Å². The molecule has 2 atom stereocenters. The number of aldehydes is 1. The molecule has 0 saturated carbocycles. The van der Waals surface area contributed by atoms with Crippen LogP contribution in [0.2, 0.25) is 5.02 Å². The van der Waals surface area contributed by atoms with Gasteiger partial charge in [0.2, 0.25) is 5.79 Å². The Balaban J connectivity index is 2.11. The zero-order valence-corrected chi connectivity index (χ0v) is 11.9. The molecule has 3 rings (SSSR count). The molecule has 1 aromatic carbocycles. The van der Waals surface area contributed by atoms with E-state index in [1.807, 2.05) is 5.38 Å². The Morgan fingerprint density at radius 3 is 3.00 bits per heavy atom. The number of halogens is 2. The number of rotatable bonds is 2. The quantitative estimate of drug-likeness (QED) is 0.683. The Bertz CT molecular complexity index is 671. The average Bonchev–Trinajstić information content (AvgIpc) is 2.87. The summed E-state index contributed by atoms with van der Waals surface area (Å²) in [5.41, 5.74) is 7.40. The molecule has 6 heteroatoms. The highest BCUT2D eigenvalue weighted by Gasteiger charge is 2.38. The van der Waals surface area contributed by atoms with Gasteiger partial charge in [-0.1, -0.05) is 17.7 Å². The monoisotopic (exact) mass is 311 g/mol. The molecule has 1 aliphatic heterocycles. The van der Waals surface area contributed by atoms with Gasteiger partial charge in [0.1, 0.15) is 6.10 Å². The Morgan fingerprint density at radius 1 is 1.50 bits per heavy atom. The molecule has 0 amide bonds. The Morgan fingerprint density at radius 2 is 2.30 bits per heavy atom. The second kappa shape index (κ2) is 4.93. The lowest BCUT2D eigenvalue weighted by Gasteiger charge is -2.33. The maximum absolute atomic E-state index is 14.3. The molecule has 0 bridgehead atoms. The lowest BCUT2D eigenvalue weighted by atomic mass is 9.90. The number of carbonyl (C=O) groups is 1. The molecule has 1 aromatic heterocycles. The van der Waals surface area contributed by atoms with Gasteiger partial charge in [0.05, 0.1) is 11.5 Å². The van der Waals surface area contributed by atoms with Crippen LogP contribution >= 0.6 is 22.9 Å². The summed E-state index contributed by atoms with van der Waals surface area (Å²) >= 11 is 7.30. The first-order valence-corrected chi connectivity index (χ1v) is 7.20. The zero-order chi connectivity index (χ0) is 14.3. The van der Waals surface area contributed by atoms with E-state index >= 15 is 0 Å². The maximum atomic E-state index is 14.3. The van der Waals surface area contributed by atoms with Gasteiger partial charge in [-0.15, -0.1) is 11.3 Å². The highest BCUT2D eigenvalue weighted by molar-refractivity contribution is 7.11. The zero-order valence-electron chi connectivity index (χ0n) is 10.3. The third-order valence-corrected chi connectivity index (χ3v) is 4.37. The summed E-state index contributed by atoms with van der Waals surface area (Å²) < 4.78 is 19.9. The van der Waals surface area contributed by atoms with Crippen molar-refractivity contribution in [3.63, 3.8) is 0 Å². The SMILES string of the molecule is NC1(F)COC(c2csc(C=O)c2)c2cc(Cl)ccc21. The van der Waals surface area contributed by atoms with Crippen molar-refractivity contribution < 1.29 is 13.9 Å². The topological polar surface area (TPSA) is 52.3 Å². The van der Waals surface area contributed by atoms with Gasteiger partial charge >= 0.3 is 0 Å². The van der Waals surface area contributed by atoms with Crippen LogP contribution in [-0.2, 0) is 10.5 Å². The van der Waals surface area contributed by atoms with Gasteiger partial charge in [0, 0.05) is 10.6 Å². The fourth-order valence-electron chi connectivity index (χ4n) is 2.34. The second-order valence-electron chi connectivity index (χ2n) is 4.69. The minimum atomic E-state index is -2.03. The van der Waals surface area contributed by atoms with Crippen molar-refractivity contribution >= 4 is 29.2 Å². The summed E-state index contributed by atoms with van der Waals surface area (Å²) in [5, 5.41) is 2.31. The number of benzene rings is 1. The first-order chi connectivity index (χ1) is 9.51. The Kier molecular flexibility index (Phi) is 3.38. The van der Waals surface area contributed by atoms with Gasteiger partial charge in [0.15, 0.2) is 6.29 Å². The van der Waals surface area contributed by atoms with Crippen molar-refractivity contribution in [2.45, 2.75) is 11.9 Å². The van der Waals surface area contributed by atoms with Crippen LogP contribution in [0.25, 0.3) is 0 Å². The smallest absolute Gasteiger partial charge is 0.208 e. The Labute approximate surface area is 124 Å². The number of fused-ring (bicyclic) bond motifs is 1. The van der Waals surface area contributed by atoms with Crippen molar-refractivity contribution in [1.29, 1.82) is 0 Å². The minimum Gasteiger partial charge on any atom is -0.364 e. The van der Waals surface area contributed by atoms with Gasteiger partial charge in [0.25, 0.3) is 0 Å². The molecule has 104 valence electrons. The molecule has 20 heavy (non-hydrogen) atoms. The maximum Gasteiger partial charge on any atom is 0.208 e. The van der Waals surface area contributed by atoms with E-state index in [-0.39, 0.29) is 6.61 Å². The molecule has 0 radical (unpaired) electrons. The fraction of sp³-hybridized carbons (Fsp3) is 0.214. The summed E-state index contributed by atoms with van der Waals surface area (Å²) in [6, 6.07) is 6.57. The number of hydrogen-bond acceptors (Lipinski definition) is 4. The molecule has 0 fully saturated rings. The lowest BCUT2D eigenvalue weighted by Crippen LogP contribution is -2.42. The van der Waals surface area contributed by atoms with Crippen LogP contribution in [-0.4, -0.2) is 12.9 Å². The fourth-order valence-corrected chi connectivity index (χ4v) is 3.25. The van der Waals surface area contributed by atoms with Crippen LogP contribution in [0, 0.1) is 0 Å². The molecule has 0 saturated heterocycles. The van der Waals surface area contributed by atoms with Crippen LogP contribution in [0.15, 0.2) is 29.6 Å². The number of thiophene rings is 1. The number of hydrogen-bond donors (Lipinski definition) is 1. The van der Waals surface area contributed by atoms with Crippen molar-refractivity contribution in [3.8, 4) is 0 Å². The van der Waals surface area contributed by atoms with Gasteiger partial charge < -0.3 is 4.74 Å². The highest BCUT2D eigenvalue weighted by atomic mass is 35.5. The molecule has 2 N–H and O–H groups in total. The average molecular weight is 312 g/mol. The normalized spacial score (nSPS) is 25.2. The summed E-state index contributed by atoms with van der Waals surface area (Å²) in [6.45, 7) is -0.238. The predicted octanol–water partition coefficient (Wildman–Crippen LogP) is 3.41. The molecule has 3 nitrogen and oxygen atoms in total. The lowest BCUT2D eigenvalue weighted by molar-refractivity contribution is -0.0341. The molecular formula is C14H11ClFNO2S. The van der Waals surface area contributed by atoms with Crippen molar-refractivity contribution in [3.05, 3.63) is 56.2 Å². The van der Waals surface area contributed by atoms with Crippen molar-refractivity contribution in [2.75, 3.05) is 6.61 Å². The van der Waals surface area contributed by atoms with Gasteiger partial charge in [-0.2, -0.15) is 0 Å². The van der Waals surface area contributed by atoms with E-state index in [9.17, 15) is 9.18 Å². The van der Waals surface area contributed by atoms with E-state index in [1.54, 1.807) is 24.3 Å². The molecule has 2 aromatic rings. The van der Waals surface area contributed by atoms with Crippen LogP contribution in [0.1, 0.15) is 32.5 Å². The number of carbonyl (C=O) groups excluding carboxylic acids is 1. The van der Waals surface area contributed by atoms with E-state index in [1.165, 1.54) is 11.3 Å². The first-order valence-electron chi connectivity index (χ1n) is 5.94. The number of ether oxygens (including phenoxy) is 1. The molecule has 2 unspecified atom stereocenters. The van der Waals surface area contributed by atoms with Gasteiger partial charge in [-0.3, -0.25) is 10.5 Å². The number of alkyl halides is 1. The van der Waals surface area contributed by atoms with Crippen molar-refractivity contribution in [2.24, 2.45) is 5.73 Å². The molecule has 0 spiro atoms.